The molecule has 0 aliphatic carbocycles. The largest absolute Gasteiger partial charge is 0.399 e. The van der Waals surface area contributed by atoms with Gasteiger partial charge in [-0.15, -0.1) is 0 Å². The Balaban J connectivity index is 2.06. The molecule has 0 saturated heterocycles. The van der Waals surface area contributed by atoms with E-state index < -0.39 is 0 Å². The second-order valence-corrected chi connectivity index (χ2v) is 6.47. The molecule has 5 nitrogen and oxygen atoms in total. The van der Waals surface area contributed by atoms with E-state index in [1.54, 1.807) is 22.8 Å². The molecule has 0 fully saturated rings. The van der Waals surface area contributed by atoms with Crippen LogP contribution in [-0.2, 0) is 6.54 Å². The molecule has 1 heterocycles. The summed E-state index contributed by atoms with van der Waals surface area (Å²) in [6, 6.07) is 15.3. The average Bonchev–Trinajstić information content (AvgIpc) is 2.70. The number of hydrogen-bond acceptors (Lipinski definition) is 4. The quantitative estimate of drug-likeness (QED) is 0.654. The summed E-state index contributed by atoms with van der Waals surface area (Å²) in [4.78, 5) is 20.1. The SMILES string of the molecule is CCN(CC)CCn1c(C=Cc2ccccc2)nc2ccc(N)cc2c1=O. The Morgan fingerprint density at radius 3 is 2.52 bits per heavy atom. The van der Waals surface area contributed by atoms with Gasteiger partial charge in [-0.05, 0) is 42.9 Å². The van der Waals surface area contributed by atoms with Crippen molar-refractivity contribution in [3.05, 3.63) is 70.3 Å². The first-order valence-electron chi connectivity index (χ1n) is 9.38. The molecule has 140 valence electrons. The molecule has 0 radical (unpaired) electrons. The third-order valence-electron chi connectivity index (χ3n) is 4.77. The van der Waals surface area contributed by atoms with Crippen LogP contribution >= 0.6 is 0 Å². The van der Waals surface area contributed by atoms with Gasteiger partial charge >= 0.3 is 0 Å². The van der Waals surface area contributed by atoms with Crippen LogP contribution in [0.2, 0.25) is 0 Å². The fourth-order valence-corrected chi connectivity index (χ4v) is 3.12. The van der Waals surface area contributed by atoms with E-state index in [-0.39, 0.29) is 5.56 Å². The summed E-state index contributed by atoms with van der Waals surface area (Å²) in [5, 5.41) is 0.561. The molecule has 0 unspecified atom stereocenters. The molecule has 0 amide bonds. The highest BCUT2D eigenvalue weighted by atomic mass is 16.1. The van der Waals surface area contributed by atoms with Crippen molar-refractivity contribution in [3.8, 4) is 0 Å². The van der Waals surface area contributed by atoms with Gasteiger partial charge in [0.1, 0.15) is 5.82 Å². The maximum atomic E-state index is 13.1. The predicted octanol–water partition coefficient (Wildman–Crippen LogP) is 3.49. The van der Waals surface area contributed by atoms with Gasteiger partial charge in [0.05, 0.1) is 10.9 Å². The van der Waals surface area contributed by atoms with Crippen molar-refractivity contribution in [2.45, 2.75) is 20.4 Å². The molecule has 0 aliphatic heterocycles. The Hall–Kier alpha value is -2.92. The minimum Gasteiger partial charge on any atom is -0.399 e. The smallest absolute Gasteiger partial charge is 0.261 e. The van der Waals surface area contributed by atoms with E-state index in [2.05, 4.69) is 18.7 Å². The molecule has 3 aromatic rings. The first kappa shape index (κ1) is 18.9. The third kappa shape index (κ3) is 4.44. The lowest BCUT2D eigenvalue weighted by molar-refractivity contribution is 0.288. The van der Waals surface area contributed by atoms with Crippen LogP contribution in [0.5, 0.6) is 0 Å². The molecule has 0 atom stereocenters. The first-order valence-corrected chi connectivity index (χ1v) is 9.38. The van der Waals surface area contributed by atoms with Gasteiger partial charge in [-0.2, -0.15) is 0 Å². The number of hydrogen-bond donors (Lipinski definition) is 1. The van der Waals surface area contributed by atoms with Gasteiger partial charge in [-0.3, -0.25) is 9.36 Å². The summed E-state index contributed by atoms with van der Waals surface area (Å²) < 4.78 is 1.75. The second-order valence-electron chi connectivity index (χ2n) is 6.47. The van der Waals surface area contributed by atoms with E-state index in [4.69, 9.17) is 10.7 Å². The second kappa shape index (κ2) is 8.64. The Kier molecular flexibility index (Phi) is 6.04. The van der Waals surface area contributed by atoms with Gasteiger partial charge < -0.3 is 10.6 Å². The Morgan fingerprint density at radius 2 is 1.81 bits per heavy atom. The Bertz CT molecular complexity index is 988. The van der Waals surface area contributed by atoms with Crippen LogP contribution < -0.4 is 11.3 Å². The minimum absolute atomic E-state index is 0.0489. The number of rotatable bonds is 7. The maximum absolute atomic E-state index is 13.1. The summed E-state index contributed by atoms with van der Waals surface area (Å²) in [6.07, 6.45) is 3.90. The van der Waals surface area contributed by atoms with Crippen molar-refractivity contribution in [1.29, 1.82) is 0 Å². The number of benzene rings is 2. The first-order chi connectivity index (χ1) is 13.1. The van der Waals surface area contributed by atoms with Gasteiger partial charge in [0, 0.05) is 18.8 Å². The number of anilines is 1. The predicted molar refractivity (Wildman–Crippen MR) is 114 cm³/mol. The van der Waals surface area contributed by atoms with Gasteiger partial charge in [-0.1, -0.05) is 50.3 Å². The van der Waals surface area contributed by atoms with Crippen LogP contribution in [-0.4, -0.2) is 34.1 Å². The van der Waals surface area contributed by atoms with Crippen molar-refractivity contribution < 1.29 is 0 Å². The fraction of sp³-hybridized carbons (Fsp3) is 0.273. The number of likely N-dealkylation sites (N-methyl/N-ethyl adjacent to an activating group) is 1. The Morgan fingerprint density at radius 1 is 1.07 bits per heavy atom. The molecule has 0 aliphatic rings. The van der Waals surface area contributed by atoms with E-state index >= 15 is 0 Å². The molecular formula is C22H26N4O. The van der Waals surface area contributed by atoms with E-state index in [9.17, 15) is 4.79 Å². The van der Waals surface area contributed by atoms with Crippen molar-refractivity contribution >= 4 is 28.7 Å². The number of aromatic nitrogens is 2. The van der Waals surface area contributed by atoms with Gasteiger partial charge in [0.25, 0.3) is 5.56 Å². The highest BCUT2D eigenvalue weighted by Crippen LogP contribution is 2.14. The van der Waals surface area contributed by atoms with Crippen LogP contribution in [0.3, 0.4) is 0 Å². The van der Waals surface area contributed by atoms with Crippen molar-refractivity contribution in [1.82, 2.24) is 14.5 Å². The number of fused-ring (bicyclic) bond motifs is 1. The van der Waals surface area contributed by atoms with E-state index in [1.807, 2.05) is 42.5 Å². The summed E-state index contributed by atoms with van der Waals surface area (Å²) in [6.45, 7) is 7.55. The lowest BCUT2D eigenvalue weighted by atomic mass is 10.2. The molecule has 2 N–H and O–H groups in total. The Labute approximate surface area is 159 Å². The zero-order chi connectivity index (χ0) is 19.2. The number of nitrogens with two attached hydrogens (primary N) is 1. The summed E-state index contributed by atoms with van der Waals surface area (Å²) in [5.41, 5.74) is 8.14. The summed E-state index contributed by atoms with van der Waals surface area (Å²) >= 11 is 0. The maximum Gasteiger partial charge on any atom is 0.261 e. The van der Waals surface area contributed by atoms with Crippen molar-refractivity contribution in [3.63, 3.8) is 0 Å². The lowest BCUT2D eigenvalue weighted by Gasteiger charge is -2.19. The fourth-order valence-electron chi connectivity index (χ4n) is 3.12. The normalized spacial score (nSPS) is 11.7. The van der Waals surface area contributed by atoms with Gasteiger partial charge in [0.15, 0.2) is 0 Å². The summed E-state index contributed by atoms with van der Waals surface area (Å²) in [5.74, 6) is 0.660. The zero-order valence-electron chi connectivity index (χ0n) is 15.9. The topological polar surface area (TPSA) is 64.2 Å². The van der Waals surface area contributed by atoms with Gasteiger partial charge in [-0.25, -0.2) is 4.98 Å². The van der Waals surface area contributed by atoms with Crippen LogP contribution in [0.1, 0.15) is 25.2 Å². The van der Waals surface area contributed by atoms with Crippen LogP contribution in [0.4, 0.5) is 5.69 Å². The minimum atomic E-state index is -0.0489. The van der Waals surface area contributed by atoms with Crippen LogP contribution in [0, 0.1) is 0 Å². The van der Waals surface area contributed by atoms with Crippen LogP contribution in [0.25, 0.3) is 23.1 Å². The molecule has 3 rings (SSSR count). The number of nitrogens with zero attached hydrogens (tertiary/aromatic N) is 3. The standard InChI is InChI=1S/C22H26N4O/c1-3-25(4-2)14-15-26-21(13-10-17-8-6-5-7-9-17)24-20-12-11-18(23)16-19(20)22(26)27/h5-13,16H,3-4,14-15,23H2,1-2H3. The average molecular weight is 362 g/mol. The van der Waals surface area contributed by atoms with E-state index in [1.165, 1.54) is 0 Å². The van der Waals surface area contributed by atoms with E-state index in [0.717, 1.165) is 25.2 Å². The highest BCUT2D eigenvalue weighted by molar-refractivity contribution is 5.82. The molecule has 0 saturated carbocycles. The molecule has 5 heteroatoms. The highest BCUT2D eigenvalue weighted by Gasteiger charge is 2.11. The van der Waals surface area contributed by atoms with Crippen molar-refractivity contribution in [2.75, 3.05) is 25.4 Å². The lowest BCUT2D eigenvalue weighted by Crippen LogP contribution is -2.32. The van der Waals surface area contributed by atoms with Gasteiger partial charge in [0.2, 0.25) is 0 Å². The number of nitrogen functional groups attached to an aromatic ring is 1. The summed E-state index contributed by atoms with van der Waals surface area (Å²) in [7, 11) is 0. The molecule has 2 aromatic carbocycles. The molecule has 0 bridgehead atoms. The zero-order valence-corrected chi connectivity index (χ0v) is 15.9. The van der Waals surface area contributed by atoms with Crippen molar-refractivity contribution in [2.24, 2.45) is 0 Å². The van der Waals surface area contributed by atoms with E-state index in [0.29, 0.717) is 29.0 Å². The molecular weight excluding hydrogens is 336 g/mol. The molecule has 0 spiro atoms. The monoisotopic (exact) mass is 362 g/mol. The molecule has 27 heavy (non-hydrogen) atoms. The van der Waals surface area contributed by atoms with Crippen LogP contribution in [0.15, 0.2) is 53.3 Å². The third-order valence-corrected chi connectivity index (χ3v) is 4.77. The molecule has 1 aromatic heterocycles.